The van der Waals surface area contributed by atoms with E-state index in [0.717, 1.165) is 5.92 Å². The van der Waals surface area contributed by atoms with Crippen LogP contribution < -0.4 is 0 Å². The summed E-state index contributed by atoms with van der Waals surface area (Å²) in [6.07, 6.45) is 11.0. The van der Waals surface area contributed by atoms with Crippen LogP contribution in [0.5, 0.6) is 0 Å². The molecule has 3 aliphatic rings. The number of allylic oxidation sites excluding steroid dienone is 4. The summed E-state index contributed by atoms with van der Waals surface area (Å²) < 4.78 is 0. The Bertz CT molecular complexity index is 335. The fourth-order valence-corrected chi connectivity index (χ4v) is 3.62. The zero-order valence-electron chi connectivity index (χ0n) is 9.81. The lowest BCUT2D eigenvalue weighted by molar-refractivity contribution is 0.609. The second-order valence-corrected chi connectivity index (χ2v) is 5.55. The van der Waals surface area contributed by atoms with E-state index in [1.54, 1.807) is 16.6 Å². The van der Waals surface area contributed by atoms with E-state index in [4.69, 9.17) is 0 Å². The van der Waals surface area contributed by atoms with Gasteiger partial charge in [-0.3, -0.25) is 0 Å². The zero-order chi connectivity index (χ0) is 10.3. The minimum atomic E-state index is 0.920. The highest BCUT2D eigenvalue weighted by molar-refractivity contribution is 6.45. The summed E-state index contributed by atoms with van der Waals surface area (Å²) in [6, 6.07) is 0. The molecule has 0 fully saturated rings. The molecule has 1 heterocycles. The van der Waals surface area contributed by atoms with Gasteiger partial charge in [0.2, 0.25) is 0 Å². The molecule has 0 spiro atoms. The third-order valence-electron chi connectivity index (χ3n) is 4.29. The van der Waals surface area contributed by atoms with Crippen molar-refractivity contribution >= 4 is 7.28 Å². The first kappa shape index (κ1) is 9.75. The Morgan fingerprint density at radius 3 is 2.80 bits per heavy atom. The molecule has 0 saturated heterocycles. The van der Waals surface area contributed by atoms with Gasteiger partial charge in [-0.25, -0.2) is 0 Å². The van der Waals surface area contributed by atoms with Crippen molar-refractivity contribution in [3.8, 4) is 0 Å². The van der Waals surface area contributed by atoms with E-state index in [1.165, 1.54) is 51.3 Å². The van der Waals surface area contributed by atoms with Gasteiger partial charge < -0.3 is 0 Å². The number of hydrogen-bond donors (Lipinski definition) is 0. The van der Waals surface area contributed by atoms with Gasteiger partial charge in [-0.1, -0.05) is 30.8 Å². The van der Waals surface area contributed by atoms with Crippen LogP contribution in [0.15, 0.2) is 22.2 Å². The van der Waals surface area contributed by atoms with Crippen LogP contribution in [0.2, 0.25) is 6.32 Å². The lowest BCUT2D eigenvalue weighted by Gasteiger charge is -2.21. The third kappa shape index (κ3) is 1.70. The van der Waals surface area contributed by atoms with E-state index in [-0.39, 0.29) is 0 Å². The Morgan fingerprint density at radius 2 is 1.87 bits per heavy atom. The molecule has 1 heteroatoms. The first-order valence-corrected chi connectivity index (χ1v) is 6.61. The molecule has 0 nitrogen and oxygen atoms in total. The van der Waals surface area contributed by atoms with Crippen molar-refractivity contribution in [2.45, 2.75) is 58.2 Å². The Morgan fingerprint density at radius 1 is 1.00 bits per heavy atom. The van der Waals surface area contributed by atoms with Crippen LogP contribution in [-0.4, -0.2) is 7.28 Å². The maximum absolute atomic E-state index is 2.54. The van der Waals surface area contributed by atoms with Crippen molar-refractivity contribution in [3.05, 3.63) is 22.2 Å². The highest BCUT2D eigenvalue weighted by Crippen LogP contribution is 2.44. The summed E-state index contributed by atoms with van der Waals surface area (Å²) in [4.78, 5) is 0. The van der Waals surface area contributed by atoms with E-state index >= 15 is 0 Å². The maximum Gasteiger partial charge on any atom is 0.146 e. The predicted octanol–water partition coefficient (Wildman–Crippen LogP) is 4.07. The maximum atomic E-state index is 2.54. The topological polar surface area (TPSA) is 0 Å². The standard InChI is InChI=1S/C14H20B/c1-10-8-11-6-7-15-14-5-3-2-4-12(14)13(11)9-10/h10H,2-9H2,1H3. The molecule has 1 aliphatic heterocycles. The third-order valence-corrected chi connectivity index (χ3v) is 4.29. The molecule has 0 aromatic heterocycles. The van der Waals surface area contributed by atoms with Crippen molar-refractivity contribution in [2.75, 3.05) is 0 Å². The van der Waals surface area contributed by atoms with Crippen LogP contribution >= 0.6 is 0 Å². The first-order chi connectivity index (χ1) is 7.34. The highest BCUT2D eigenvalue weighted by atomic mass is 14.3. The van der Waals surface area contributed by atoms with E-state index in [2.05, 4.69) is 14.2 Å². The Labute approximate surface area is 94.1 Å². The normalized spacial score (nSPS) is 30.9. The van der Waals surface area contributed by atoms with Gasteiger partial charge in [-0.05, 0) is 50.0 Å². The predicted molar refractivity (Wildman–Crippen MR) is 66.1 cm³/mol. The second-order valence-electron chi connectivity index (χ2n) is 5.55. The van der Waals surface area contributed by atoms with Gasteiger partial charge in [-0.15, -0.1) is 5.47 Å². The van der Waals surface area contributed by atoms with Gasteiger partial charge in [0, 0.05) is 0 Å². The summed E-state index contributed by atoms with van der Waals surface area (Å²) >= 11 is 0. The van der Waals surface area contributed by atoms with E-state index in [9.17, 15) is 0 Å². The highest BCUT2D eigenvalue weighted by Gasteiger charge is 2.27. The van der Waals surface area contributed by atoms with Crippen LogP contribution in [0.3, 0.4) is 0 Å². The molecule has 0 N–H and O–H groups in total. The van der Waals surface area contributed by atoms with Gasteiger partial charge >= 0.3 is 0 Å². The van der Waals surface area contributed by atoms with Gasteiger partial charge in [0.15, 0.2) is 0 Å². The summed E-state index contributed by atoms with van der Waals surface area (Å²) in [7, 11) is 2.54. The van der Waals surface area contributed by atoms with Crippen LogP contribution in [0.4, 0.5) is 0 Å². The Balaban J connectivity index is 1.98. The molecule has 0 saturated carbocycles. The molecule has 0 amide bonds. The number of fused-ring (bicyclic) bond motifs is 1. The van der Waals surface area contributed by atoms with Crippen molar-refractivity contribution < 1.29 is 0 Å². The second kappa shape index (κ2) is 3.85. The van der Waals surface area contributed by atoms with Crippen molar-refractivity contribution in [1.29, 1.82) is 0 Å². The lowest BCUT2D eigenvalue weighted by atomic mass is 9.61. The quantitative estimate of drug-likeness (QED) is 0.516. The SMILES string of the molecule is CC1CC2=C(C1)C1=C([B]CC2)CCCC1. The van der Waals surface area contributed by atoms with E-state index in [1.807, 2.05) is 5.57 Å². The molecule has 1 atom stereocenters. The van der Waals surface area contributed by atoms with E-state index in [0.29, 0.717) is 0 Å². The van der Waals surface area contributed by atoms with Crippen LogP contribution in [0.1, 0.15) is 51.9 Å². The molecule has 1 unspecified atom stereocenters. The average Bonchev–Trinajstić information content (AvgIpc) is 2.52. The molecule has 2 aliphatic carbocycles. The molecule has 15 heavy (non-hydrogen) atoms. The van der Waals surface area contributed by atoms with Crippen molar-refractivity contribution in [3.63, 3.8) is 0 Å². The van der Waals surface area contributed by atoms with Gasteiger partial charge in [0.05, 0.1) is 0 Å². The minimum Gasteiger partial charge on any atom is -0.105 e. The molecule has 1 radical (unpaired) electrons. The molecule has 0 bridgehead atoms. The van der Waals surface area contributed by atoms with Crippen LogP contribution in [-0.2, 0) is 0 Å². The van der Waals surface area contributed by atoms with Crippen molar-refractivity contribution in [2.24, 2.45) is 5.92 Å². The number of hydrogen-bond acceptors (Lipinski definition) is 0. The number of rotatable bonds is 0. The Kier molecular flexibility index (Phi) is 2.50. The van der Waals surface area contributed by atoms with Crippen LogP contribution in [0.25, 0.3) is 0 Å². The minimum absolute atomic E-state index is 0.920. The van der Waals surface area contributed by atoms with E-state index < -0.39 is 0 Å². The molecule has 0 aromatic rings. The molecular weight excluding hydrogens is 179 g/mol. The molecule has 79 valence electrons. The average molecular weight is 199 g/mol. The van der Waals surface area contributed by atoms with Gasteiger partial charge in [-0.2, -0.15) is 0 Å². The summed E-state index contributed by atoms with van der Waals surface area (Å²) in [6.45, 7) is 2.42. The largest absolute Gasteiger partial charge is 0.146 e. The first-order valence-electron chi connectivity index (χ1n) is 6.61. The summed E-state index contributed by atoms with van der Waals surface area (Å²) in [5.74, 6) is 0.920. The smallest absolute Gasteiger partial charge is 0.105 e. The van der Waals surface area contributed by atoms with Gasteiger partial charge in [0.25, 0.3) is 0 Å². The molecule has 3 rings (SSSR count). The monoisotopic (exact) mass is 199 g/mol. The Hall–Kier alpha value is -0.455. The van der Waals surface area contributed by atoms with Crippen LogP contribution in [0, 0.1) is 5.92 Å². The fourth-order valence-electron chi connectivity index (χ4n) is 3.62. The molecular formula is C14H20B. The van der Waals surface area contributed by atoms with Gasteiger partial charge in [0.1, 0.15) is 7.28 Å². The fraction of sp³-hybridized carbons (Fsp3) is 0.714. The lowest BCUT2D eigenvalue weighted by Crippen LogP contribution is -2.06. The molecule has 0 aromatic carbocycles. The zero-order valence-corrected chi connectivity index (χ0v) is 9.81. The summed E-state index contributed by atoms with van der Waals surface area (Å²) in [5, 5.41) is 0. The van der Waals surface area contributed by atoms with Crippen molar-refractivity contribution in [1.82, 2.24) is 0 Å². The summed E-state index contributed by atoms with van der Waals surface area (Å²) in [5.41, 5.74) is 7.11.